The van der Waals surface area contributed by atoms with Crippen molar-refractivity contribution in [2.45, 2.75) is 6.04 Å². The van der Waals surface area contributed by atoms with Gasteiger partial charge in [0, 0.05) is 6.07 Å². The molecule has 1 aromatic rings. The van der Waals surface area contributed by atoms with E-state index in [9.17, 15) is 10.1 Å². The van der Waals surface area contributed by atoms with Gasteiger partial charge in [0.1, 0.15) is 0 Å². The maximum absolute atomic E-state index is 10.4. The van der Waals surface area contributed by atoms with Crippen molar-refractivity contribution in [2.75, 3.05) is 6.61 Å². The van der Waals surface area contributed by atoms with Crippen molar-refractivity contribution in [3.05, 3.63) is 33.9 Å². The molecule has 0 heterocycles. The first-order chi connectivity index (χ1) is 6.56. The highest BCUT2D eigenvalue weighted by Crippen LogP contribution is 2.27. The van der Waals surface area contributed by atoms with Crippen LogP contribution in [0.1, 0.15) is 11.6 Å². The van der Waals surface area contributed by atoms with Gasteiger partial charge in [-0.25, -0.2) is 0 Å². The molecule has 6 heteroatoms. The van der Waals surface area contributed by atoms with Crippen molar-refractivity contribution < 1.29 is 15.1 Å². The molecule has 14 heavy (non-hydrogen) atoms. The SMILES string of the molecule is NC(CO)c1ccc(O)c([N+](=O)[O-])c1. The summed E-state index contributed by atoms with van der Waals surface area (Å²) < 4.78 is 0. The van der Waals surface area contributed by atoms with E-state index in [-0.39, 0.29) is 6.61 Å². The highest BCUT2D eigenvalue weighted by atomic mass is 16.6. The van der Waals surface area contributed by atoms with Gasteiger partial charge in [-0.05, 0) is 11.6 Å². The minimum atomic E-state index is -0.705. The molecule has 0 aliphatic rings. The van der Waals surface area contributed by atoms with E-state index in [1.54, 1.807) is 0 Å². The lowest BCUT2D eigenvalue weighted by atomic mass is 10.1. The lowest BCUT2D eigenvalue weighted by Gasteiger charge is -2.07. The van der Waals surface area contributed by atoms with Gasteiger partial charge in [-0.3, -0.25) is 10.1 Å². The number of hydrogen-bond donors (Lipinski definition) is 3. The van der Waals surface area contributed by atoms with Crippen LogP contribution in [0.15, 0.2) is 18.2 Å². The number of rotatable bonds is 3. The molecular weight excluding hydrogens is 188 g/mol. The van der Waals surface area contributed by atoms with Gasteiger partial charge in [0.2, 0.25) is 0 Å². The van der Waals surface area contributed by atoms with Gasteiger partial charge >= 0.3 is 5.69 Å². The molecule has 0 aliphatic carbocycles. The van der Waals surface area contributed by atoms with E-state index < -0.39 is 22.4 Å². The Bertz CT molecular complexity index is 353. The standard InChI is InChI=1S/C8H10N2O4/c9-6(4-11)5-1-2-8(12)7(3-5)10(13)14/h1-3,6,11-12H,4,9H2. The number of nitrogens with two attached hydrogens (primary N) is 1. The number of hydrogen-bond acceptors (Lipinski definition) is 5. The lowest BCUT2D eigenvalue weighted by molar-refractivity contribution is -0.385. The number of benzene rings is 1. The molecule has 1 atom stereocenters. The van der Waals surface area contributed by atoms with Crippen LogP contribution < -0.4 is 5.73 Å². The molecule has 0 aromatic heterocycles. The van der Waals surface area contributed by atoms with Crippen LogP contribution in [0.5, 0.6) is 5.75 Å². The molecule has 0 amide bonds. The molecule has 1 rings (SSSR count). The zero-order chi connectivity index (χ0) is 10.7. The Balaban J connectivity index is 3.12. The summed E-state index contributed by atoms with van der Waals surface area (Å²) in [5, 5.41) is 28.3. The van der Waals surface area contributed by atoms with Crippen LogP contribution in [0.25, 0.3) is 0 Å². The van der Waals surface area contributed by atoms with E-state index in [1.165, 1.54) is 12.1 Å². The van der Waals surface area contributed by atoms with Gasteiger partial charge in [0.15, 0.2) is 5.75 Å². The van der Waals surface area contributed by atoms with E-state index in [2.05, 4.69) is 0 Å². The van der Waals surface area contributed by atoms with Crippen molar-refractivity contribution >= 4 is 5.69 Å². The van der Waals surface area contributed by atoms with Gasteiger partial charge in [-0.2, -0.15) is 0 Å². The maximum Gasteiger partial charge on any atom is 0.311 e. The van der Waals surface area contributed by atoms with E-state index in [0.717, 1.165) is 6.07 Å². The highest BCUT2D eigenvalue weighted by molar-refractivity contribution is 5.48. The van der Waals surface area contributed by atoms with Gasteiger partial charge in [0.25, 0.3) is 0 Å². The number of nitro benzene ring substituents is 1. The van der Waals surface area contributed by atoms with E-state index in [4.69, 9.17) is 15.9 Å². The molecule has 6 nitrogen and oxygen atoms in total. The number of aromatic hydroxyl groups is 1. The molecule has 0 bridgehead atoms. The van der Waals surface area contributed by atoms with Gasteiger partial charge in [0.05, 0.1) is 17.6 Å². The van der Waals surface area contributed by atoms with Gasteiger partial charge in [-0.1, -0.05) is 6.07 Å². The first-order valence-electron chi connectivity index (χ1n) is 3.90. The third-order valence-corrected chi connectivity index (χ3v) is 1.82. The van der Waals surface area contributed by atoms with Crippen molar-refractivity contribution in [1.82, 2.24) is 0 Å². The summed E-state index contributed by atoms with van der Waals surface area (Å²) in [7, 11) is 0. The summed E-state index contributed by atoms with van der Waals surface area (Å²) in [6.07, 6.45) is 0. The first-order valence-corrected chi connectivity index (χ1v) is 3.90. The van der Waals surface area contributed by atoms with Gasteiger partial charge < -0.3 is 15.9 Å². The third kappa shape index (κ3) is 1.98. The largest absolute Gasteiger partial charge is 0.502 e. The Kier molecular flexibility index (Phi) is 3.00. The van der Waals surface area contributed by atoms with Gasteiger partial charge in [-0.15, -0.1) is 0 Å². The van der Waals surface area contributed by atoms with Crippen LogP contribution in [0.2, 0.25) is 0 Å². The number of nitro groups is 1. The molecule has 0 saturated carbocycles. The molecule has 1 unspecified atom stereocenters. The zero-order valence-corrected chi connectivity index (χ0v) is 7.25. The second-order valence-corrected chi connectivity index (χ2v) is 2.79. The Morgan fingerprint density at radius 1 is 1.57 bits per heavy atom. The van der Waals surface area contributed by atoms with E-state index in [1.807, 2.05) is 0 Å². The zero-order valence-electron chi connectivity index (χ0n) is 7.25. The summed E-state index contributed by atoms with van der Waals surface area (Å²) in [5.41, 5.74) is 5.46. The number of phenols is 1. The Hall–Kier alpha value is -1.66. The summed E-state index contributed by atoms with van der Waals surface area (Å²) in [6, 6.07) is 3.09. The molecule has 0 aliphatic heterocycles. The quantitative estimate of drug-likeness (QED) is 0.477. The lowest BCUT2D eigenvalue weighted by Crippen LogP contribution is -2.14. The molecule has 0 fully saturated rings. The Labute approximate surface area is 79.7 Å². The van der Waals surface area contributed by atoms with Crippen molar-refractivity contribution in [1.29, 1.82) is 0 Å². The number of aliphatic hydroxyl groups is 1. The minimum absolute atomic E-state index is 0.304. The fourth-order valence-corrected chi connectivity index (χ4v) is 1.02. The predicted molar refractivity (Wildman–Crippen MR) is 48.8 cm³/mol. The molecular formula is C8H10N2O4. The maximum atomic E-state index is 10.4. The summed E-state index contributed by atoms with van der Waals surface area (Å²) in [5.74, 6) is -0.413. The topological polar surface area (TPSA) is 110 Å². The molecule has 76 valence electrons. The van der Waals surface area contributed by atoms with Crippen molar-refractivity contribution in [3.63, 3.8) is 0 Å². The van der Waals surface area contributed by atoms with Crippen LogP contribution in [0.3, 0.4) is 0 Å². The number of aliphatic hydroxyl groups excluding tert-OH is 1. The Morgan fingerprint density at radius 3 is 2.71 bits per heavy atom. The van der Waals surface area contributed by atoms with Crippen LogP contribution in [-0.2, 0) is 0 Å². The first kappa shape index (κ1) is 10.4. The van der Waals surface area contributed by atoms with Crippen LogP contribution in [-0.4, -0.2) is 21.7 Å². The second-order valence-electron chi connectivity index (χ2n) is 2.79. The molecule has 0 radical (unpaired) electrons. The highest BCUT2D eigenvalue weighted by Gasteiger charge is 2.15. The summed E-state index contributed by atoms with van der Waals surface area (Å²) in [6.45, 7) is -0.304. The average molecular weight is 198 g/mol. The van der Waals surface area contributed by atoms with Crippen LogP contribution in [0.4, 0.5) is 5.69 Å². The van der Waals surface area contributed by atoms with Crippen molar-refractivity contribution in [2.24, 2.45) is 5.73 Å². The molecule has 0 saturated heterocycles. The molecule has 1 aromatic carbocycles. The van der Waals surface area contributed by atoms with E-state index in [0.29, 0.717) is 5.56 Å². The van der Waals surface area contributed by atoms with Crippen LogP contribution >= 0.6 is 0 Å². The smallest absolute Gasteiger partial charge is 0.311 e. The normalized spacial score (nSPS) is 12.4. The molecule has 0 spiro atoms. The third-order valence-electron chi connectivity index (χ3n) is 1.82. The Morgan fingerprint density at radius 2 is 2.21 bits per heavy atom. The average Bonchev–Trinajstić information content (AvgIpc) is 2.17. The number of nitrogens with zero attached hydrogens (tertiary/aromatic N) is 1. The monoisotopic (exact) mass is 198 g/mol. The van der Waals surface area contributed by atoms with Crippen LogP contribution in [0, 0.1) is 10.1 Å². The van der Waals surface area contributed by atoms with Crippen molar-refractivity contribution in [3.8, 4) is 5.75 Å². The number of phenolic OH excluding ortho intramolecular Hbond substituents is 1. The summed E-state index contributed by atoms with van der Waals surface area (Å²) >= 11 is 0. The second kappa shape index (κ2) is 4.03. The fraction of sp³-hybridized carbons (Fsp3) is 0.250. The predicted octanol–water partition coefficient (Wildman–Crippen LogP) is 0.292. The fourth-order valence-electron chi connectivity index (χ4n) is 1.02. The molecule has 4 N–H and O–H groups in total. The minimum Gasteiger partial charge on any atom is -0.502 e. The summed E-state index contributed by atoms with van der Waals surface area (Å²) in [4.78, 5) is 9.72. The van der Waals surface area contributed by atoms with E-state index >= 15 is 0 Å².